The fraction of sp³-hybridized carbons (Fsp3) is 0.515. The van der Waals surface area contributed by atoms with Gasteiger partial charge in [-0.15, -0.1) is 0 Å². The Bertz CT molecular complexity index is 1430. The van der Waals surface area contributed by atoms with E-state index in [0.717, 1.165) is 17.1 Å². The summed E-state index contributed by atoms with van der Waals surface area (Å²) in [4.78, 5) is 96.6. The highest BCUT2D eigenvalue weighted by atomic mass is 16.6. The number of ether oxygens (including phenoxy) is 3. The summed E-state index contributed by atoms with van der Waals surface area (Å²) in [5.74, 6) is -2.64. The van der Waals surface area contributed by atoms with Crippen LogP contribution in [0.2, 0.25) is 0 Å². The van der Waals surface area contributed by atoms with Gasteiger partial charge in [0.25, 0.3) is 11.8 Å². The van der Waals surface area contributed by atoms with Crippen LogP contribution >= 0.6 is 0 Å². The third-order valence-corrected chi connectivity index (χ3v) is 7.15. The lowest BCUT2D eigenvalue weighted by Gasteiger charge is -2.21. The van der Waals surface area contributed by atoms with E-state index >= 15 is 0 Å². The fourth-order valence-electron chi connectivity index (χ4n) is 4.53. The lowest BCUT2D eigenvalue weighted by Crippen LogP contribution is -2.51. The zero-order valence-electron chi connectivity index (χ0n) is 29.3. The standard InChI is InChI=1S/C33H47N7O11/c1-21(37-23(3)42)31(46)39-26(7-5-6-13-35-22(2)41)32(47)38-25-9-8-24(20-51-33(48)34-4)27(19-25)50-18-17-49-16-14-36-28(43)12-15-40-29(44)10-11-30(40)45/h8-11,19,21,26H,5-7,12-18,20H2,1-4H3,(H,34,48)(H,35,41)(H,36,43)(H,37,42)(H,38,47)(H,39,46)/t21-,26-/m0/s1. The molecule has 0 saturated carbocycles. The number of hydrogen-bond acceptors (Lipinski definition) is 11. The van der Waals surface area contributed by atoms with Crippen molar-refractivity contribution < 1.29 is 52.6 Å². The molecule has 51 heavy (non-hydrogen) atoms. The number of carbonyl (C=O) groups is 8. The Hall–Kier alpha value is -5.52. The van der Waals surface area contributed by atoms with Crippen molar-refractivity contribution in [3.05, 3.63) is 35.9 Å². The molecule has 0 spiro atoms. The van der Waals surface area contributed by atoms with Gasteiger partial charge in [0, 0.05) is 76.4 Å². The van der Waals surface area contributed by atoms with Crippen LogP contribution < -0.4 is 36.6 Å². The molecule has 1 aromatic carbocycles. The predicted octanol–water partition coefficient (Wildman–Crippen LogP) is -0.376. The molecule has 1 aromatic rings. The maximum absolute atomic E-state index is 13.4. The highest BCUT2D eigenvalue weighted by Crippen LogP contribution is 2.25. The summed E-state index contributed by atoms with van der Waals surface area (Å²) in [6.07, 6.45) is 2.91. The first kappa shape index (κ1) is 41.7. The molecule has 18 heteroatoms. The summed E-state index contributed by atoms with van der Waals surface area (Å²) < 4.78 is 16.6. The van der Waals surface area contributed by atoms with Crippen molar-refractivity contribution in [2.75, 3.05) is 51.8 Å². The first-order valence-corrected chi connectivity index (χ1v) is 16.4. The van der Waals surface area contributed by atoms with Crippen LogP contribution in [-0.2, 0) is 49.6 Å². The SMILES string of the molecule is CNC(=O)OCc1ccc(NC(=O)[C@H](CCCCNC(C)=O)NC(=O)[C@H](C)NC(C)=O)cc1OCCOCCNC(=O)CCN1C(=O)C=CC1=O. The van der Waals surface area contributed by atoms with E-state index < -0.39 is 47.7 Å². The van der Waals surface area contributed by atoms with Crippen LogP contribution in [0.4, 0.5) is 10.5 Å². The van der Waals surface area contributed by atoms with E-state index in [9.17, 15) is 38.4 Å². The summed E-state index contributed by atoms with van der Waals surface area (Å²) in [7, 11) is 1.41. The van der Waals surface area contributed by atoms with Crippen molar-refractivity contribution in [3.63, 3.8) is 0 Å². The first-order chi connectivity index (χ1) is 24.3. The molecular formula is C33H47N7O11. The number of rotatable bonds is 22. The third-order valence-electron chi connectivity index (χ3n) is 7.15. The van der Waals surface area contributed by atoms with Gasteiger partial charge in [0.2, 0.25) is 29.5 Å². The monoisotopic (exact) mass is 717 g/mol. The number of hydrogen-bond donors (Lipinski definition) is 6. The smallest absolute Gasteiger partial charge is 0.407 e. The van der Waals surface area contributed by atoms with E-state index in [1.807, 2.05) is 0 Å². The second kappa shape index (κ2) is 22.2. The van der Waals surface area contributed by atoms with Crippen molar-refractivity contribution in [1.29, 1.82) is 0 Å². The van der Waals surface area contributed by atoms with Crippen molar-refractivity contribution in [2.24, 2.45) is 0 Å². The molecule has 2 rings (SSSR count). The van der Waals surface area contributed by atoms with Crippen molar-refractivity contribution in [1.82, 2.24) is 31.5 Å². The van der Waals surface area contributed by atoms with E-state index in [2.05, 4.69) is 31.9 Å². The van der Waals surface area contributed by atoms with Crippen LogP contribution in [-0.4, -0.2) is 111 Å². The lowest BCUT2D eigenvalue weighted by atomic mass is 10.1. The number of benzene rings is 1. The van der Waals surface area contributed by atoms with Crippen LogP contribution in [0.15, 0.2) is 30.4 Å². The quantitative estimate of drug-likeness (QED) is 0.0668. The topological polar surface area (TPSA) is 240 Å². The Kier molecular flexibility index (Phi) is 18.2. The molecule has 0 bridgehead atoms. The molecule has 2 atom stereocenters. The highest BCUT2D eigenvalue weighted by Gasteiger charge is 2.25. The minimum Gasteiger partial charge on any atom is -0.491 e. The lowest BCUT2D eigenvalue weighted by molar-refractivity contribution is -0.137. The Morgan fingerprint density at radius 3 is 2.24 bits per heavy atom. The molecule has 1 heterocycles. The van der Waals surface area contributed by atoms with Crippen LogP contribution in [0, 0.1) is 0 Å². The van der Waals surface area contributed by atoms with Gasteiger partial charge in [0.15, 0.2) is 0 Å². The Morgan fingerprint density at radius 2 is 1.57 bits per heavy atom. The Morgan fingerprint density at radius 1 is 0.843 bits per heavy atom. The summed E-state index contributed by atoms with van der Waals surface area (Å²) in [5, 5.41) is 15.6. The van der Waals surface area contributed by atoms with Crippen molar-refractivity contribution >= 4 is 53.1 Å². The van der Waals surface area contributed by atoms with E-state index in [1.54, 1.807) is 12.1 Å². The van der Waals surface area contributed by atoms with Crippen LogP contribution in [0.5, 0.6) is 5.75 Å². The van der Waals surface area contributed by atoms with Gasteiger partial charge in [-0.2, -0.15) is 0 Å². The highest BCUT2D eigenvalue weighted by molar-refractivity contribution is 6.13. The molecule has 0 fully saturated rings. The summed E-state index contributed by atoms with van der Waals surface area (Å²) >= 11 is 0. The Balaban J connectivity index is 1.97. The number of unbranched alkanes of at least 4 members (excludes halogenated alkanes) is 1. The van der Waals surface area contributed by atoms with Gasteiger partial charge in [0.05, 0.1) is 13.2 Å². The van der Waals surface area contributed by atoms with Gasteiger partial charge in [-0.1, -0.05) is 0 Å². The molecule has 0 saturated heterocycles. The maximum Gasteiger partial charge on any atom is 0.407 e. The molecule has 1 aliphatic heterocycles. The van der Waals surface area contributed by atoms with Gasteiger partial charge in [-0.05, 0) is 38.3 Å². The molecule has 6 N–H and O–H groups in total. The average molecular weight is 718 g/mol. The van der Waals surface area contributed by atoms with Gasteiger partial charge in [-0.25, -0.2) is 4.79 Å². The summed E-state index contributed by atoms with van der Waals surface area (Å²) in [6.45, 7) is 4.91. The minimum atomic E-state index is -0.970. The largest absolute Gasteiger partial charge is 0.491 e. The number of carbonyl (C=O) groups excluding carboxylic acids is 8. The molecule has 18 nitrogen and oxygen atoms in total. The van der Waals surface area contributed by atoms with E-state index in [1.165, 1.54) is 33.9 Å². The van der Waals surface area contributed by atoms with E-state index in [4.69, 9.17) is 14.2 Å². The second-order valence-corrected chi connectivity index (χ2v) is 11.3. The van der Waals surface area contributed by atoms with Gasteiger partial charge < -0.3 is 46.1 Å². The van der Waals surface area contributed by atoms with Crippen LogP contribution in [0.3, 0.4) is 0 Å². The number of nitrogens with one attached hydrogen (secondary N) is 6. The molecule has 8 amide bonds. The molecule has 0 unspecified atom stereocenters. The molecular weight excluding hydrogens is 670 g/mol. The maximum atomic E-state index is 13.4. The number of alkyl carbamates (subject to hydrolysis) is 1. The van der Waals surface area contributed by atoms with Crippen LogP contribution in [0.25, 0.3) is 0 Å². The molecule has 0 aromatic heterocycles. The molecule has 0 radical (unpaired) electrons. The second-order valence-electron chi connectivity index (χ2n) is 11.3. The third kappa shape index (κ3) is 16.2. The molecule has 280 valence electrons. The average Bonchev–Trinajstić information content (AvgIpc) is 3.40. The predicted molar refractivity (Wildman–Crippen MR) is 182 cm³/mol. The molecule has 0 aliphatic carbocycles. The Labute approximate surface area is 295 Å². The normalized spacial score (nSPS) is 13.1. The zero-order chi connectivity index (χ0) is 37.8. The number of amides is 8. The first-order valence-electron chi connectivity index (χ1n) is 16.4. The van der Waals surface area contributed by atoms with Crippen LogP contribution in [0.1, 0.15) is 52.0 Å². The van der Waals surface area contributed by atoms with Crippen molar-refractivity contribution in [2.45, 2.75) is 65.1 Å². The number of imide groups is 1. The van der Waals surface area contributed by atoms with Crippen molar-refractivity contribution in [3.8, 4) is 5.75 Å². The fourth-order valence-corrected chi connectivity index (χ4v) is 4.53. The minimum absolute atomic E-state index is 0.0241. The number of nitrogens with zero attached hydrogens (tertiary/aromatic N) is 1. The van der Waals surface area contributed by atoms with E-state index in [-0.39, 0.29) is 69.9 Å². The number of anilines is 1. The molecule has 1 aliphatic rings. The van der Waals surface area contributed by atoms with Gasteiger partial charge in [-0.3, -0.25) is 38.5 Å². The summed E-state index contributed by atoms with van der Waals surface area (Å²) in [5.41, 5.74) is 0.809. The zero-order valence-corrected chi connectivity index (χ0v) is 29.3. The van der Waals surface area contributed by atoms with Gasteiger partial charge >= 0.3 is 6.09 Å². The van der Waals surface area contributed by atoms with E-state index in [0.29, 0.717) is 30.6 Å². The van der Waals surface area contributed by atoms with Gasteiger partial charge in [0.1, 0.15) is 31.0 Å². The summed E-state index contributed by atoms with van der Waals surface area (Å²) in [6, 6.07) is 2.86.